The van der Waals surface area contributed by atoms with Crippen molar-refractivity contribution in [1.82, 2.24) is 24.2 Å². The van der Waals surface area contributed by atoms with Crippen LogP contribution in [0.4, 0.5) is 0 Å². The van der Waals surface area contributed by atoms with E-state index < -0.39 is 0 Å². The lowest BCUT2D eigenvalue weighted by Crippen LogP contribution is -2.35. The van der Waals surface area contributed by atoms with E-state index in [1.54, 1.807) is 11.9 Å². The van der Waals surface area contributed by atoms with E-state index in [-0.39, 0.29) is 17.2 Å². The maximum absolute atomic E-state index is 13.4. The summed E-state index contributed by atoms with van der Waals surface area (Å²) in [6, 6.07) is 17.9. The van der Waals surface area contributed by atoms with Crippen molar-refractivity contribution >= 4 is 22.5 Å². The Morgan fingerprint density at radius 3 is 2.47 bits per heavy atom. The molecule has 7 heteroatoms. The van der Waals surface area contributed by atoms with Gasteiger partial charge in [0.05, 0.1) is 12.0 Å². The highest BCUT2D eigenvalue weighted by Crippen LogP contribution is 2.25. The van der Waals surface area contributed by atoms with E-state index in [1.165, 1.54) is 26.7 Å². The van der Waals surface area contributed by atoms with E-state index in [9.17, 15) is 9.59 Å². The lowest BCUT2D eigenvalue weighted by atomic mass is 9.99. The van der Waals surface area contributed by atoms with Gasteiger partial charge in [0, 0.05) is 20.1 Å². The van der Waals surface area contributed by atoms with Crippen LogP contribution in [0.25, 0.3) is 22.3 Å². The quantitative estimate of drug-likeness (QED) is 0.505. The third kappa shape index (κ3) is 3.41. The van der Waals surface area contributed by atoms with Gasteiger partial charge >= 0.3 is 0 Å². The lowest BCUT2D eigenvalue weighted by molar-refractivity contribution is 0.0768. The summed E-state index contributed by atoms with van der Waals surface area (Å²) < 4.78 is 2.94. The molecule has 1 aliphatic heterocycles. The predicted molar refractivity (Wildman–Crippen MR) is 124 cm³/mol. The van der Waals surface area contributed by atoms with Gasteiger partial charge in [0.2, 0.25) is 0 Å². The molecule has 0 radical (unpaired) electrons. The molecular weight excluding hydrogens is 402 g/mol. The zero-order chi connectivity index (χ0) is 22.2. The second-order valence-electron chi connectivity index (χ2n) is 8.05. The highest BCUT2D eigenvalue weighted by molar-refractivity contribution is 6.03. The summed E-state index contributed by atoms with van der Waals surface area (Å²) in [6.07, 6.45) is 4.29. The van der Waals surface area contributed by atoms with Gasteiger partial charge in [-0.3, -0.25) is 9.59 Å². The number of aromatic nitrogens is 4. The number of nitrogens with zero attached hydrogens (tertiary/aromatic N) is 5. The van der Waals surface area contributed by atoms with E-state index in [0.29, 0.717) is 24.1 Å². The number of carbonyl (C=O) groups excluding carboxylic acids is 1. The van der Waals surface area contributed by atoms with Gasteiger partial charge in [-0.2, -0.15) is 5.10 Å². The Morgan fingerprint density at radius 1 is 1.03 bits per heavy atom. The molecule has 4 aromatic rings. The van der Waals surface area contributed by atoms with Crippen molar-refractivity contribution in [1.29, 1.82) is 0 Å². The number of aryl methyl sites for hydroxylation is 2. The van der Waals surface area contributed by atoms with Crippen molar-refractivity contribution in [3.8, 4) is 5.69 Å². The molecule has 1 aliphatic rings. The summed E-state index contributed by atoms with van der Waals surface area (Å²) in [5, 5.41) is 4.57. The SMILES string of the molecule is Cc1ccc(-n2nc(C(=O)N3CC=C(c4ccccc4)CC3)c3ncn(C)c(=O)c32)cc1. The standard InChI is InChI=1S/C25H23N5O2/c1-17-8-10-20(11-9-17)30-23-21(26-16-28(2)25(23)32)22(27-30)24(31)29-14-12-19(13-15-29)18-6-4-3-5-7-18/h3-12,16H,13-15H2,1-2H3. The van der Waals surface area contributed by atoms with E-state index in [0.717, 1.165) is 17.7 Å². The molecule has 5 rings (SSSR count). The van der Waals surface area contributed by atoms with Gasteiger partial charge in [-0.1, -0.05) is 54.1 Å². The maximum Gasteiger partial charge on any atom is 0.279 e. The third-order valence-corrected chi connectivity index (χ3v) is 5.87. The van der Waals surface area contributed by atoms with Crippen LogP contribution < -0.4 is 5.56 Å². The molecule has 2 aromatic heterocycles. The molecule has 0 saturated heterocycles. The predicted octanol–water partition coefficient (Wildman–Crippen LogP) is 3.36. The smallest absolute Gasteiger partial charge is 0.279 e. The third-order valence-electron chi connectivity index (χ3n) is 5.87. The fourth-order valence-corrected chi connectivity index (χ4v) is 4.02. The zero-order valence-corrected chi connectivity index (χ0v) is 18.0. The van der Waals surface area contributed by atoms with Crippen LogP contribution in [0.1, 0.15) is 28.0 Å². The molecule has 32 heavy (non-hydrogen) atoms. The molecule has 2 aromatic carbocycles. The molecule has 3 heterocycles. The fourth-order valence-electron chi connectivity index (χ4n) is 4.02. The summed E-state index contributed by atoms with van der Waals surface area (Å²) in [4.78, 5) is 32.5. The number of fused-ring (bicyclic) bond motifs is 1. The van der Waals surface area contributed by atoms with Crippen LogP contribution in [0, 0.1) is 6.92 Å². The van der Waals surface area contributed by atoms with E-state index in [2.05, 4.69) is 28.3 Å². The first kappa shape index (κ1) is 19.9. The Morgan fingerprint density at radius 2 is 1.78 bits per heavy atom. The molecule has 1 amide bonds. The first-order valence-corrected chi connectivity index (χ1v) is 10.6. The van der Waals surface area contributed by atoms with Gasteiger partial charge in [0.15, 0.2) is 11.2 Å². The number of benzene rings is 2. The van der Waals surface area contributed by atoms with Gasteiger partial charge in [-0.05, 0) is 36.6 Å². The monoisotopic (exact) mass is 425 g/mol. The number of hydrogen-bond donors (Lipinski definition) is 0. The topological polar surface area (TPSA) is 73.0 Å². The maximum atomic E-state index is 13.4. The molecule has 0 aliphatic carbocycles. The molecule has 0 bridgehead atoms. The van der Waals surface area contributed by atoms with Crippen molar-refractivity contribution in [2.45, 2.75) is 13.3 Å². The summed E-state index contributed by atoms with van der Waals surface area (Å²) in [5.74, 6) is -0.218. The highest BCUT2D eigenvalue weighted by atomic mass is 16.2. The van der Waals surface area contributed by atoms with Crippen LogP contribution in [0.15, 0.2) is 71.8 Å². The minimum absolute atomic E-state index is 0.204. The molecule has 0 atom stereocenters. The summed E-state index contributed by atoms with van der Waals surface area (Å²) >= 11 is 0. The molecular formula is C25H23N5O2. The average Bonchev–Trinajstić information content (AvgIpc) is 3.22. The zero-order valence-electron chi connectivity index (χ0n) is 18.0. The second kappa shape index (κ2) is 7.92. The van der Waals surface area contributed by atoms with Gasteiger partial charge < -0.3 is 9.47 Å². The molecule has 0 saturated carbocycles. The number of rotatable bonds is 3. The fraction of sp³-hybridized carbons (Fsp3) is 0.200. The van der Waals surface area contributed by atoms with E-state index in [4.69, 9.17) is 0 Å². The number of carbonyl (C=O) groups is 1. The van der Waals surface area contributed by atoms with E-state index in [1.807, 2.05) is 49.4 Å². The highest BCUT2D eigenvalue weighted by Gasteiger charge is 2.27. The van der Waals surface area contributed by atoms with Gasteiger partial charge in [-0.25, -0.2) is 9.67 Å². The van der Waals surface area contributed by atoms with Crippen molar-refractivity contribution < 1.29 is 4.79 Å². The van der Waals surface area contributed by atoms with Crippen LogP contribution in [-0.4, -0.2) is 43.2 Å². The Labute approximate surface area is 185 Å². The van der Waals surface area contributed by atoms with Crippen molar-refractivity contribution in [3.05, 3.63) is 94.2 Å². The van der Waals surface area contributed by atoms with Crippen molar-refractivity contribution in [2.24, 2.45) is 7.05 Å². The van der Waals surface area contributed by atoms with Crippen LogP contribution in [-0.2, 0) is 7.05 Å². The Bertz CT molecular complexity index is 1400. The molecule has 7 nitrogen and oxygen atoms in total. The molecule has 0 spiro atoms. The lowest BCUT2D eigenvalue weighted by Gasteiger charge is -2.26. The minimum atomic E-state index is -0.243. The van der Waals surface area contributed by atoms with Gasteiger partial charge in [-0.15, -0.1) is 0 Å². The average molecular weight is 425 g/mol. The summed E-state index contributed by atoms with van der Waals surface area (Å²) in [7, 11) is 1.64. The summed E-state index contributed by atoms with van der Waals surface area (Å²) in [6.45, 7) is 3.07. The van der Waals surface area contributed by atoms with Crippen LogP contribution in [0.3, 0.4) is 0 Å². The molecule has 160 valence electrons. The Hall–Kier alpha value is -4.00. The largest absolute Gasteiger partial charge is 0.333 e. The molecule has 0 N–H and O–H groups in total. The molecule has 0 fully saturated rings. The van der Waals surface area contributed by atoms with Crippen LogP contribution in [0.5, 0.6) is 0 Å². The van der Waals surface area contributed by atoms with Crippen LogP contribution in [0.2, 0.25) is 0 Å². The number of amides is 1. The normalized spacial score (nSPS) is 13.9. The number of hydrogen-bond acceptors (Lipinski definition) is 4. The summed E-state index contributed by atoms with van der Waals surface area (Å²) in [5.41, 5.74) is 4.82. The van der Waals surface area contributed by atoms with Crippen molar-refractivity contribution in [3.63, 3.8) is 0 Å². The van der Waals surface area contributed by atoms with Crippen LogP contribution >= 0.6 is 0 Å². The Kier molecular flexibility index (Phi) is 4.93. The first-order chi connectivity index (χ1) is 15.5. The Balaban J connectivity index is 1.54. The first-order valence-electron chi connectivity index (χ1n) is 10.6. The minimum Gasteiger partial charge on any atom is -0.333 e. The van der Waals surface area contributed by atoms with Gasteiger partial charge in [0.25, 0.3) is 11.5 Å². The van der Waals surface area contributed by atoms with E-state index >= 15 is 0 Å². The van der Waals surface area contributed by atoms with Gasteiger partial charge in [0.1, 0.15) is 5.52 Å². The van der Waals surface area contributed by atoms with Crippen molar-refractivity contribution in [2.75, 3.05) is 13.1 Å². The molecule has 0 unspecified atom stereocenters. The second-order valence-corrected chi connectivity index (χ2v) is 8.05.